The van der Waals surface area contributed by atoms with Crippen LogP contribution in [0, 0.1) is 5.82 Å². The van der Waals surface area contributed by atoms with E-state index in [1.807, 2.05) is 11.8 Å². The van der Waals surface area contributed by atoms with Gasteiger partial charge < -0.3 is 15.7 Å². The van der Waals surface area contributed by atoms with E-state index >= 15 is 0 Å². The second-order valence-corrected chi connectivity index (χ2v) is 8.39. The van der Waals surface area contributed by atoms with Gasteiger partial charge in [0.05, 0.1) is 6.10 Å². The van der Waals surface area contributed by atoms with Crippen molar-refractivity contribution in [3.8, 4) is 0 Å². The van der Waals surface area contributed by atoms with Crippen molar-refractivity contribution in [1.82, 2.24) is 15.5 Å². The Morgan fingerprint density at radius 1 is 1.19 bits per heavy atom. The van der Waals surface area contributed by atoms with Crippen LogP contribution in [0.15, 0.2) is 24.3 Å². The molecular weight excluding hydrogens is 353 g/mol. The number of carbonyl (C=O) groups excluding carboxylic acids is 1. The Morgan fingerprint density at radius 2 is 1.85 bits per heavy atom. The van der Waals surface area contributed by atoms with E-state index in [4.69, 9.17) is 0 Å². The van der Waals surface area contributed by atoms with E-state index in [2.05, 4.69) is 15.5 Å². The summed E-state index contributed by atoms with van der Waals surface area (Å²) in [6.45, 7) is 2.94. The summed E-state index contributed by atoms with van der Waals surface area (Å²) >= 11 is 2.00. The van der Waals surface area contributed by atoms with Gasteiger partial charge in [-0.05, 0) is 30.5 Å². The van der Waals surface area contributed by atoms with Crippen molar-refractivity contribution < 1.29 is 14.3 Å². The molecule has 7 heteroatoms. The summed E-state index contributed by atoms with van der Waals surface area (Å²) in [5, 5.41) is 15.9. The molecule has 3 rings (SSSR count). The Labute approximate surface area is 158 Å². The molecule has 1 aliphatic carbocycles. The molecule has 2 amide bonds. The standard InChI is InChI=1S/C19H28FN3O2S/c20-16-5-3-15(4-6-16)17(24)13-21-18(25)22-14-19(7-1-2-8-19)23-9-11-26-12-10-23/h3-6,17,24H,1-2,7-14H2,(H2,21,22,25). The smallest absolute Gasteiger partial charge is 0.314 e. The lowest BCUT2D eigenvalue weighted by molar-refractivity contribution is 0.104. The van der Waals surface area contributed by atoms with Crippen molar-refractivity contribution in [2.45, 2.75) is 37.3 Å². The summed E-state index contributed by atoms with van der Waals surface area (Å²) in [5.41, 5.74) is 0.679. The number of carbonyl (C=O) groups is 1. The number of amides is 2. The highest BCUT2D eigenvalue weighted by atomic mass is 32.2. The first-order valence-corrected chi connectivity index (χ1v) is 10.5. The molecular formula is C19H28FN3O2S. The largest absolute Gasteiger partial charge is 0.387 e. The third-order valence-corrected chi connectivity index (χ3v) is 6.45. The van der Waals surface area contributed by atoms with Crippen molar-refractivity contribution in [2.24, 2.45) is 0 Å². The summed E-state index contributed by atoms with van der Waals surface area (Å²) in [5.74, 6) is 1.99. The van der Waals surface area contributed by atoms with Crippen LogP contribution < -0.4 is 10.6 Å². The quantitative estimate of drug-likeness (QED) is 0.709. The van der Waals surface area contributed by atoms with Crippen LogP contribution in [0.2, 0.25) is 0 Å². The van der Waals surface area contributed by atoms with E-state index in [-0.39, 0.29) is 23.9 Å². The molecule has 0 radical (unpaired) electrons. The second-order valence-electron chi connectivity index (χ2n) is 7.16. The first-order valence-electron chi connectivity index (χ1n) is 9.37. The van der Waals surface area contributed by atoms with Gasteiger partial charge in [0.1, 0.15) is 5.82 Å². The summed E-state index contributed by atoms with van der Waals surface area (Å²) in [7, 11) is 0. The topological polar surface area (TPSA) is 64.6 Å². The number of aliphatic hydroxyl groups excluding tert-OH is 1. The molecule has 1 unspecified atom stereocenters. The first-order chi connectivity index (χ1) is 12.6. The molecule has 1 saturated carbocycles. The SMILES string of the molecule is O=C(NCC(O)c1ccc(F)cc1)NCC1(N2CCSCC2)CCCC1. The molecule has 2 aliphatic rings. The Morgan fingerprint density at radius 3 is 2.50 bits per heavy atom. The zero-order chi connectivity index (χ0) is 18.4. The summed E-state index contributed by atoms with van der Waals surface area (Å²) in [6, 6.07) is 5.41. The van der Waals surface area contributed by atoms with Crippen molar-refractivity contribution in [1.29, 1.82) is 0 Å². The first kappa shape index (κ1) is 19.5. The lowest BCUT2D eigenvalue weighted by Crippen LogP contribution is -2.57. The number of thioether (sulfide) groups is 1. The second kappa shape index (κ2) is 9.06. The van der Waals surface area contributed by atoms with Crippen LogP contribution in [0.5, 0.6) is 0 Å². The predicted molar refractivity (Wildman–Crippen MR) is 103 cm³/mol. The molecule has 5 nitrogen and oxygen atoms in total. The molecule has 0 bridgehead atoms. The van der Waals surface area contributed by atoms with Gasteiger partial charge in [-0.2, -0.15) is 11.8 Å². The Balaban J connectivity index is 1.47. The minimum Gasteiger partial charge on any atom is -0.387 e. The van der Waals surface area contributed by atoms with E-state index in [1.54, 1.807) is 0 Å². The Bertz CT molecular complexity index is 587. The molecule has 1 aromatic carbocycles. The van der Waals surface area contributed by atoms with Crippen molar-refractivity contribution in [2.75, 3.05) is 37.7 Å². The fourth-order valence-electron chi connectivity index (χ4n) is 3.98. The summed E-state index contributed by atoms with van der Waals surface area (Å²) in [6.07, 6.45) is 3.86. The Kier molecular flexibility index (Phi) is 6.78. The van der Waals surface area contributed by atoms with Gasteiger partial charge in [-0.3, -0.25) is 4.90 Å². The molecule has 0 spiro atoms. The number of halogens is 1. The van der Waals surface area contributed by atoms with E-state index in [0.717, 1.165) is 37.4 Å². The Hall–Kier alpha value is -1.31. The molecule has 144 valence electrons. The minimum atomic E-state index is -0.846. The maximum atomic E-state index is 12.9. The van der Waals surface area contributed by atoms with Crippen molar-refractivity contribution >= 4 is 17.8 Å². The summed E-state index contributed by atoms with van der Waals surface area (Å²) < 4.78 is 12.9. The van der Waals surface area contributed by atoms with Crippen LogP contribution >= 0.6 is 11.8 Å². The van der Waals surface area contributed by atoms with Gasteiger partial charge in [0.2, 0.25) is 0 Å². The predicted octanol–water partition coefficient (Wildman–Crippen LogP) is 2.52. The maximum Gasteiger partial charge on any atom is 0.314 e. The van der Waals surface area contributed by atoms with Gasteiger partial charge in [-0.1, -0.05) is 25.0 Å². The van der Waals surface area contributed by atoms with E-state index in [0.29, 0.717) is 12.1 Å². The number of aliphatic hydroxyl groups is 1. The third-order valence-electron chi connectivity index (χ3n) is 5.50. The average Bonchev–Trinajstić information content (AvgIpc) is 3.16. The lowest BCUT2D eigenvalue weighted by atomic mass is 9.94. The highest BCUT2D eigenvalue weighted by molar-refractivity contribution is 7.99. The number of nitrogens with zero attached hydrogens (tertiary/aromatic N) is 1. The van der Waals surface area contributed by atoms with Gasteiger partial charge in [0.25, 0.3) is 0 Å². The van der Waals surface area contributed by atoms with Crippen LogP contribution in [0.25, 0.3) is 0 Å². The molecule has 1 atom stereocenters. The van der Waals surface area contributed by atoms with Gasteiger partial charge in [0.15, 0.2) is 0 Å². The third kappa shape index (κ3) is 4.90. The number of rotatable bonds is 6. The van der Waals surface area contributed by atoms with Crippen LogP contribution in [-0.4, -0.2) is 59.3 Å². The zero-order valence-electron chi connectivity index (χ0n) is 15.0. The van der Waals surface area contributed by atoms with Crippen LogP contribution in [0.4, 0.5) is 9.18 Å². The molecule has 1 aromatic rings. The van der Waals surface area contributed by atoms with E-state index in [9.17, 15) is 14.3 Å². The molecule has 2 fully saturated rings. The van der Waals surface area contributed by atoms with Gasteiger partial charge in [-0.25, -0.2) is 9.18 Å². The fourth-order valence-corrected chi connectivity index (χ4v) is 4.88. The van der Waals surface area contributed by atoms with E-state index < -0.39 is 6.10 Å². The van der Waals surface area contributed by atoms with Crippen molar-refractivity contribution in [3.05, 3.63) is 35.6 Å². The minimum absolute atomic E-state index is 0.0912. The number of hydrogen-bond acceptors (Lipinski definition) is 4. The van der Waals surface area contributed by atoms with Crippen LogP contribution in [0.1, 0.15) is 37.4 Å². The molecule has 3 N–H and O–H groups in total. The summed E-state index contributed by atoms with van der Waals surface area (Å²) in [4.78, 5) is 14.8. The fraction of sp³-hybridized carbons (Fsp3) is 0.632. The van der Waals surface area contributed by atoms with Crippen LogP contribution in [-0.2, 0) is 0 Å². The van der Waals surface area contributed by atoms with E-state index in [1.165, 1.54) is 37.1 Å². The van der Waals surface area contributed by atoms with Crippen LogP contribution in [0.3, 0.4) is 0 Å². The zero-order valence-corrected chi connectivity index (χ0v) is 15.9. The highest BCUT2D eigenvalue weighted by Gasteiger charge is 2.40. The molecule has 0 aromatic heterocycles. The van der Waals surface area contributed by atoms with Crippen molar-refractivity contribution in [3.63, 3.8) is 0 Å². The molecule has 1 aliphatic heterocycles. The van der Waals surface area contributed by atoms with Gasteiger partial charge in [-0.15, -0.1) is 0 Å². The number of hydrogen-bond donors (Lipinski definition) is 3. The van der Waals surface area contributed by atoms with Gasteiger partial charge >= 0.3 is 6.03 Å². The number of nitrogens with one attached hydrogen (secondary N) is 2. The normalized spacial score (nSPS) is 21.3. The van der Waals surface area contributed by atoms with Gasteiger partial charge in [0, 0.05) is 43.2 Å². The molecule has 1 heterocycles. The number of benzene rings is 1. The molecule has 26 heavy (non-hydrogen) atoms. The monoisotopic (exact) mass is 381 g/mol. The number of urea groups is 1. The molecule has 1 saturated heterocycles. The average molecular weight is 382 g/mol. The maximum absolute atomic E-state index is 12.9. The lowest BCUT2D eigenvalue weighted by Gasteiger charge is -2.43. The highest BCUT2D eigenvalue weighted by Crippen LogP contribution is 2.36.